The number of pyridine rings is 1. The van der Waals surface area contributed by atoms with Crippen molar-refractivity contribution in [2.24, 2.45) is 0 Å². The number of fused-ring (bicyclic) bond motifs is 1. The van der Waals surface area contributed by atoms with Crippen LogP contribution in [0, 0.1) is 0 Å². The van der Waals surface area contributed by atoms with Gasteiger partial charge in [-0.2, -0.15) is 13.2 Å². The van der Waals surface area contributed by atoms with Gasteiger partial charge in [0.25, 0.3) is 10.0 Å². The fourth-order valence-electron chi connectivity index (χ4n) is 5.23. The Kier molecular flexibility index (Phi) is 9.40. The third-order valence-corrected chi connectivity index (χ3v) is 11.0. The van der Waals surface area contributed by atoms with Gasteiger partial charge in [0.05, 0.1) is 41.6 Å². The summed E-state index contributed by atoms with van der Waals surface area (Å²) in [7, 11) is -3.16. The first-order chi connectivity index (χ1) is 22.2. The minimum Gasteiger partial charge on any atom is -0.497 e. The van der Waals surface area contributed by atoms with Crippen LogP contribution >= 0.6 is 0 Å². The summed E-state index contributed by atoms with van der Waals surface area (Å²) >= 11 is 0. The predicted octanol–water partition coefficient (Wildman–Crippen LogP) is 7.54. The first-order valence-electron chi connectivity index (χ1n) is 14.6. The highest BCUT2D eigenvalue weighted by molar-refractivity contribution is 7.90. The van der Waals surface area contributed by atoms with E-state index in [0.717, 1.165) is 23.2 Å². The Hall–Kier alpha value is -4.40. The van der Waals surface area contributed by atoms with Gasteiger partial charge in [-0.3, -0.25) is 0 Å². The highest BCUT2D eigenvalue weighted by atomic mass is 32.2. The van der Waals surface area contributed by atoms with E-state index in [1.165, 1.54) is 54.4 Å². The predicted molar refractivity (Wildman–Crippen MR) is 175 cm³/mol. The molecular formula is C33H34F3N3O6SSi. The molecule has 0 radical (unpaired) electrons. The molecule has 0 atom stereocenters. The lowest BCUT2D eigenvalue weighted by atomic mass is 10.0. The molecule has 3 aromatic heterocycles. The molecule has 2 aromatic carbocycles. The van der Waals surface area contributed by atoms with E-state index < -0.39 is 35.8 Å². The monoisotopic (exact) mass is 685 g/mol. The van der Waals surface area contributed by atoms with Crippen LogP contribution in [0.15, 0.2) is 84.0 Å². The molecule has 248 valence electrons. The SMILES string of the molecule is COC(=O)c1cc(-c2ccnc3c2ccn3S(=O)(=O)c2ccccc2)n(COCC[Si](C)(C)C)c1-c1ccc(OC)cc1C(F)(F)F. The highest BCUT2D eigenvalue weighted by Gasteiger charge is 2.37. The summed E-state index contributed by atoms with van der Waals surface area (Å²) in [4.78, 5) is 17.6. The number of nitrogens with zero attached hydrogens (tertiary/aromatic N) is 3. The number of rotatable bonds is 11. The van der Waals surface area contributed by atoms with Crippen LogP contribution in [0.25, 0.3) is 33.5 Å². The number of ether oxygens (including phenoxy) is 3. The molecule has 0 spiro atoms. The Balaban J connectivity index is 1.78. The third kappa shape index (κ3) is 6.85. The molecule has 0 saturated carbocycles. The molecule has 3 heterocycles. The Morgan fingerprint density at radius 3 is 2.32 bits per heavy atom. The van der Waals surface area contributed by atoms with Gasteiger partial charge < -0.3 is 18.8 Å². The zero-order valence-electron chi connectivity index (χ0n) is 26.5. The molecule has 0 saturated heterocycles. The van der Waals surface area contributed by atoms with Crippen LogP contribution in [0.3, 0.4) is 0 Å². The average molecular weight is 686 g/mol. The Morgan fingerprint density at radius 1 is 0.957 bits per heavy atom. The van der Waals surface area contributed by atoms with Gasteiger partial charge in [0.2, 0.25) is 0 Å². The zero-order valence-corrected chi connectivity index (χ0v) is 28.3. The lowest BCUT2D eigenvalue weighted by Crippen LogP contribution is -2.22. The summed E-state index contributed by atoms with van der Waals surface area (Å²) in [6.45, 7) is 6.65. The average Bonchev–Trinajstić information content (AvgIpc) is 3.64. The Bertz CT molecular complexity index is 2030. The molecular weight excluding hydrogens is 652 g/mol. The fraction of sp³-hybridized carbons (Fsp3) is 0.273. The Labute approximate surface area is 271 Å². The van der Waals surface area contributed by atoms with Gasteiger partial charge in [0, 0.05) is 43.6 Å². The molecule has 0 unspecified atom stereocenters. The second-order valence-corrected chi connectivity index (χ2v) is 19.4. The maximum Gasteiger partial charge on any atom is 0.417 e. The van der Waals surface area contributed by atoms with Crippen molar-refractivity contribution in [3.8, 4) is 28.3 Å². The molecule has 47 heavy (non-hydrogen) atoms. The summed E-state index contributed by atoms with van der Waals surface area (Å²) < 4.78 is 89.5. The van der Waals surface area contributed by atoms with Crippen molar-refractivity contribution >= 4 is 35.1 Å². The van der Waals surface area contributed by atoms with Gasteiger partial charge in [-0.05, 0) is 54.6 Å². The van der Waals surface area contributed by atoms with Crippen LogP contribution < -0.4 is 4.74 Å². The number of carbonyl (C=O) groups is 1. The molecule has 0 aliphatic rings. The van der Waals surface area contributed by atoms with E-state index in [1.54, 1.807) is 30.3 Å². The van der Waals surface area contributed by atoms with Gasteiger partial charge in [0.15, 0.2) is 5.65 Å². The normalized spacial score (nSPS) is 12.4. The number of carbonyl (C=O) groups excluding carboxylic acids is 1. The van der Waals surface area contributed by atoms with Crippen LogP contribution in [-0.4, -0.2) is 56.8 Å². The minimum absolute atomic E-state index is 0.0118. The summed E-state index contributed by atoms with van der Waals surface area (Å²) in [5, 5.41) is 0.390. The lowest BCUT2D eigenvalue weighted by molar-refractivity contribution is -0.137. The van der Waals surface area contributed by atoms with E-state index in [4.69, 9.17) is 14.2 Å². The minimum atomic E-state index is -4.81. The lowest BCUT2D eigenvalue weighted by Gasteiger charge is -2.20. The maximum atomic E-state index is 14.6. The van der Waals surface area contributed by atoms with Crippen molar-refractivity contribution in [3.63, 3.8) is 0 Å². The van der Waals surface area contributed by atoms with E-state index >= 15 is 0 Å². The smallest absolute Gasteiger partial charge is 0.417 e. The fourth-order valence-corrected chi connectivity index (χ4v) is 7.31. The molecule has 0 fully saturated rings. The van der Waals surface area contributed by atoms with Crippen LogP contribution in [0.4, 0.5) is 13.2 Å². The number of aromatic nitrogens is 3. The molecule has 9 nitrogen and oxygen atoms in total. The van der Waals surface area contributed by atoms with Gasteiger partial charge in [-0.15, -0.1) is 0 Å². The quantitative estimate of drug-likeness (QED) is 0.0805. The van der Waals surface area contributed by atoms with Gasteiger partial charge in [0.1, 0.15) is 12.5 Å². The number of methoxy groups -OCH3 is 2. The zero-order chi connectivity index (χ0) is 34.1. The Morgan fingerprint density at radius 2 is 1.68 bits per heavy atom. The van der Waals surface area contributed by atoms with Crippen LogP contribution in [0.1, 0.15) is 15.9 Å². The molecule has 0 bridgehead atoms. The van der Waals surface area contributed by atoms with Crippen LogP contribution in [0.5, 0.6) is 5.75 Å². The highest BCUT2D eigenvalue weighted by Crippen LogP contribution is 2.43. The van der Waals surface area contributed by atoms with E-state index in [-0.39, 0.29) is 39.8 Å². The first kappa shape index (κ1) is 33.9. The van der Waals surface area contributed by atoms with E-state index in [9.17, 15) is 26.4 Å². The second kappa shape index (κ2) is 13.0. The van der Waals surface area contributed by atoms with E-state index in [1.807, 2.05) is 0 Å². The topological polar surface area (TPSA) is 102 Å². The molecule has 5 rings (SSSR count). The van der Waals surface area contributed by atoms with Gasteiger partial charge in [-0.1, -0.05) is 37.8 Å². The third-order valence-electron chi connectivity index (χ3n) is 7.64. The maximum absolute atomic E-state index is 14.6. The molecule has 0 N–H and O–H groups in total. The van der Waals surface area contributed by atoms with E-state index in [2.05, 4.69) is 24.6 Å². The summed E-state index contributed by atoms with van der Waals surface area (Å²) in [5.41, 5.74) is -0.683. The summed E-state index contributed by atoms with van der Waals surface area (Å²) in [6.07, 6.45) is -2.03. The summed E-state index contributed by atoms with van der Waals surface area (Å²) in [6, 6.07) is 16.8. The van der Waals surface area contributed by atoms with Gasteiger partial charge in [-0.25, -0.2) is 22.2 Å². The number of alkyl halides is 3. The van der Waals surface area contributed by atoms with E-state index in [0.29, 0.717) is 23.3 Å². The van der Waals surface area contributed by atoms with Crippen molar-refractivity contribution in [3.05, 3.63) is 90.3 Å². The largest absolute Gasteiger partial charge is 0.497 e. The standard InChI is InChI=1S/C33H34F3N3O6SSi/c1-43-22-11-12-26(28(19-22)33(34,35)36)30-27(32(40)44-2)20-29(38(30)21-45-17-18-47(3,4)5)24-13-15-37-31-25(24)14-16-39(31)46(41,42)23-9-7-6-8-10-23/h6-16,19-20H,17-18,21H2,1-5H3. The van der Waals surface area contributed by atoms with Crippen molar-refractivity contribution < 1.29 is 40.6 Å². The van der Waals surface area contributed by atoms with Crippen molar-refractivity contribution in [1.82, 2.24) is 13.5 Å². The molecule has 0 amide bonds. The van der Waals surface area contributed by atoms with Crippen LogP contribution in [0.2, 0.25) is 25.7 Å². The molecule has 0 aliphatic carbocycles. The second-order valence-electron chi connectivity index (χ2n) is 12.0. The number of esters is 1. The van der Waals surface area contributed by atoms with Crippen molar-refractivity contribution in [2.75, 3.05) is 20.8 Å². The first-order valence-corrected chi connectivity index (χ1v) is 19.7. The molecule has 0 aliphatic heterocycles. The summed E-state index contributed by atoms with van der Waals surface area (Å²) in [5.74, 6) is -0.872. The number of halogens is 3. The van der Waals surface area contributed by atoms with Gasteiger partial charge >= 0.3 is 12.1 Å². The van der Waals surface area contributed by atoms with Crippen LogP contribution in [-0.2, 0) is 32.4 Å². The number of benzene rings is 2. The molecule has 14 heteroatoms. The number of hydrogen-bond donors (Lipinski definition) is 0. The molecule has 5 aromatic rings. The van der Waals surface area contributed by atoms with Crippen molar-refractivity contribution in [1.29, 1.82) is 0 Å². The van der Waals surface area contributed by atoms with Crippen molar-refractivity contribution in [2.45, 2.75) is 43.5 Å². The number of hydrogen-bond acceptors (Lipinski definition) is 7.